The van der Waals surface area contributed by atoms with E-state index in [2.05, 4.69) is 10.6 Å². The normalized spacial score (nSPS) is 12.3. The van der Waals surface area contributed by atoms with Crippen LogP contribution >= 0.6 is 0 Å². The summed E-state index contributed by atoms with van der Waals surface area (Å²) >= 11 is 0. The molecule has 0 spiro atoms. The quantitative estimate of drug-likeness (QED) is 0.781. The van der Waals surface area contributed by atoms with Crippen LogP contribution in [0.15, 0.2) is 48.5 Å². The molecule has 0 saturated heterocycles. The monoisotopic (exact) mass is 380 g/mol. The molecule has 0 aliphatic carbocycles. The van der Waals surface area contributed by atoms with Crippen LogP contribution in [0.4, 0.5) is 18.9 Å². The molecule has 0 saturated carbocycles. The summed E-state index contributed by atoms with van der Waals surface area (Å²) in [7, 11) is 1.48. The van der Waals surface area contributed by atoms with Crippen molar-refractivity contribution in [1.29, 1.82) is 0 Å². The van der Waals surface area contributed by atoms with Crippen LogP contribution in [-0.4, -0.2) is 25.5 Å². The second-order valence-corrected chi connectivity index (χ2v) is 5.82. The molecule has 0 heterocycles. The molecule has 144 valence electrons. The van der Waals surface area contributed by atoms with Crippen molar-refractivity contribution in [2.45, 2.75) is 19.2 Å². The van der Waals surface area contributed by atoms with E-state index in [1.165, 1.54) is 13.2 Å². The number of hydrogen-bond acceptors (Lipinski definition) is 3. The van der Waals surface area contributed by atoms with Gasteiger partial charge in [0.2, 0.25) is 0 Å². The Morgan fingerprint density at radius 2 is 1.78 bits per heavy atom. The van der Waals surface area contributed by atoms with Crippen LogP contribution in [0.5, 0.6) is 0 Å². The predicted molar refractivity (Wildman–Crippen MR) is 94.0 cm³/mol. The summed E-state index contributed by atoms with van der Waals surface area (Å²) in [6, 6.07) is 11.5. The molecule has 0 radical (unpaired) electrons. The third-order valence-corrected chi connectivity index (χ3v) is 3.92. The van der Waals surface area contributed by atoms with Crippen molar-refractivity contribution >= 4 is 17.5 Å². The first kappa shape index (κ1) is 20.4. The van der Waals surface area contributed by atoms with Gasteiger partial charge in [-0.2, -0.15) is 13.2 Å². The van der Waals surface area contributed by atoms with Gasteiger partial charge in [0.25, 0.3) is 0 Å². The lowest BCUT2D eigenvalue weighted by Gasteiger charge is -2.18. The first-order valence-corrected chi connectivity index (χ1v) is 8.07. The van der Waals surface area contributed by atoms with Crippen molar-refractivity contribution in [2.75, 3.05) is 19.0 Å². The van der Waals surface area contributed by atoms with Crippen molar-refractivity contribution in [1.82, 2.24) is 5.32 Å². The molecule has 5 nitrogen and oxygen atoms in total. The Bertz CT molecular complexity index is 822. The van der Waals surface area contributed by atoms with Gasteiger partial charge in [-0.05, 0) is 36.2 Å². The fourth-order valence-corrected chi connectivity index (χ4v) is 2.50. The average molecular weight is 380 g/mol. The summed E-state index contributed by atoms with van der Waals surface area (Å²) < 4.78 is 43.4. The minimum atomic E-state index is -4.54. The molecule has 0 bridgehead atoms. The number of nitrogens with one attached hydrogen (secondary N) is 2. The van der Waals surface area contributed by atoms with Crippen LogP contribution in [0.3, 0.4) is 0 Å². The van der Waals surface area contributed by atoms with Crippen LogP contribution in [0.2, 0.25) is 0 Å². The van der Waals surface area contributed by atoms with Gasteiger partial charge in [0.15, 0.2) is 0 Å². The number of benzene rings is 2. The number of halogens is 3. The molecular weight excluding hydrogens is 361 g/mol. The van der Waals surface area contributed by atoms with Gasteiger partial charge in [0.1, 0.15) is 0 Å². The largest absolute Gasteiger partial charge is 0.416 e. The van der Waals surface area contributed by atoms with Crippen LogP contribution in [0, 0.1) is 6.92 Å². The van der Waals surface area contributed by atoms with Crippen LogP contribution < -0.4 is 10.6 Å². The Morgan fingerprint density at radius 3 is 2.41 bits per heavy atom. The zero-order valence-electron chi connectivity index (χ0n) is 14.8. The summed E-state index contributed by atoms with van der Waals surface area (Å²) in [5.41, 5.74) is 0.789. The third kappa shape index (κ3) is 5.55. The average Bonchev–Trinajstić information content (AvgIpc) is 2.62. The summed E-state index contributed by atoms with van der Waals surface area (Å²) in [5.74, 6) is -2.03. The highest BCUT2D eigenvalue weighted by Gasteiger charge is 2.30. The van der Waals surface area contributed by atoms with Crippen molar-refractivity contribution < 1.29 is 27.5 Å². The maximum absolute atomic E-state index is 12.7. The van der Waals surface area contributed by atoms with E-state index in [9.17, 15) is 22.8 Å². The van der Waals surface area contributed by atoms with Crippen LogP contribution in [-0.2, 0) is 20.5 Å². The number of anilines is 1. The number of carbonyl (C=O) groups excluding carboxylic acids is 2. The summed E-state index contributed by atoms with van der Waals surface area (Å²) in [6.45, 7) is 1.93. The minimum absolute atomic E-state index is 0.0379. The number of aryl methyl sites for hydroxylation is 1. The van der Waals surface area contributed by atoms with E-state index < -0.39 is 29.7 Å². The van der Waals surface area contributed by atoms with E-state index in [0.717, 1.165) is 29.3 Å². The molecule has 2 N–H and O–H groups in total. The molecular formula is C19H19F3N2O3. The van der Waals surface area contributed by atoms with Crippen LogP contribution in [0.25, 0.3) is 0 Å². The standard InChI is InChI=1S/C19H19F3N2O3/c1-12-6-3-4-9-15(12)16(27-2)11-23-17(25)18(26)24-14-8-5-7-13(10-14)19(20,21)22/h3-10,16H,11H2,1-2H3,(H,23,25)(H,24,26). The maximum atomic E-state index is 12.7. The Hall–Kier alpha value is -2.87. The van der Waals surface area contributed by atoms with E-state index in [0.29, 0.717) is 0 Å². The SMILES string of the molecule is COC(CNC(=O)C(=O)Nc1cccc(C(F)(F)F)c1)c1ccccc1C. The fourth-order valence-electron chi connectivity index (χ4n) is 2.50. The molecule has 8 heteroatoms. The molecule has 1 unspecified atom stereocenters. The number of ether oxygens (including phenoxy) is 1. The molecule has 2 rings (SSSR count). The molecule has 2 amide bonds. The van der Waals surface area contributed by atoms with Crippen molar-refractivity contribution in [3.63, 3.8) is 0 Å². The van der Waals surface area contributed by atoms with E-state index in [-0.39, 0.29) is 12.2 Å². The van der Waals surface area contributed by atoms with Gasteiger partial charge < -0.3 is 15.4 Å². The van der Waals surface area contributed by atoms with Gasteiger partial charge in [-0.3, -0.25) is 9.59 Å². The van der Waals surface area contributed by atoms with E-state index in [1.807, 2.05) is 31.2 Å². The molecule has 2 aromatic carbocycles. The second-order valence-electron chi connectivity index (χ2n) is 5.82. The zero-order chi connectivity index (χ0) is 20.0. The molecule has 0 aliphatic heterocycles. The number of amides is 2. The maximum Gasteiger partial charge on any atom is 0.416 e. The molecule has 0 aromatic heterocycles. The number of rotatable bonds is 5. The zero-order valence-corrected chi connectivity index (χ0v) is 14.8. The van der Waals surface area contributed by atoms with E-state index in [1.54, 1.807) is 0 Å². The first-order chi connectivity index (χ1) is 12.7. The fraction of sp³-hybridized carbons (Fsp3) is 0.263. The van der Waals surface area contributed by atoms with Crippen LogP contribution in [0.1, 0.15) is 22.8 Å². The van der Waals surface area contributed by atoms with Gasteiger partial charge >= 0.3 is 18.0 Å². The predicted octanol–water partition coefficient (Wildman–Crippen LogP) is 3.46. The lowest BCUT2D eigenvalue weighted by atomic mass is 10.0. The van der Waals surface area contributed by atoms with Crippen molar-refractivity contribution in [3.05, 3.63) is 65.2 Å². The van der Waals surface area contributed by atoms with Gasteiger partial charge in [0, 0.05) is 19.3 Å². The number of alkyl halides is 3. The lowest BCUT2D eigenvalue weighted by molar-refractivity contribution is -0.137. The van der Waals surface area contributed by atoms with E-state index in [4.69, 9.17) is 4.74 Å². The third-order valence-electron chi connectivity index (χ3n) is 3.92. The Balaban J connectivity index is 1.98. The first-order valence-electron chi connectivity index (χ1n) is 8.07. The molecule has 0 fully saturated rings. The highest BCUT2D eigenvalue weighted by molar-refractivity contribution is 6.39. The number of hydrogen-bond donors (Lipinski definition) is 2. The van der Waals surface area contributed by atoms with E-state index >= 15 is 0 Å². The number of methoxy groups -OCH3 is 1. The molecule has 1 atom stereocenters. The molecule has 0 aliphatic rings. The summed E-state index contributed by atoms with van der Waals surface area (Å²) in [6.07, 6.45) is -5.00. The Labute approximate surface area is 154 Å². The Kier molecular flexibility index (Phi) is 6.57. The van der Waals surface area contributed by atoms with Crippen molar-refractivity contribution in [2.24, 2.45) is 0 Å². The number of carbonyl (C=O) groups is 2. The van der Waals surface area contributed by atoms with Gasteiger partial charge in [-0.1, -0.05) is 30.3 Å². The lowest BCUT2D eigenvalue weighted by Crippen LogP contribution is -2.38. The Morgan fingerprint density at radius 1 is 1.07 bits per heavy atom. The second kappa shape index (κ2) is 8.68. The molecule has 2 aromatic rings. The van der Waals surface area contributed by atoms with Gasteiger partial charge in [-0.15, -0.1) is 0 Å². The van der Waals surface area contributed by atoms with Gasteiger partial charge in [-0.25, -0.2) is 0 Å². The highest BCUT2D eigenvalue weighted by Crippen LogP contribution is 2.30. The van der Waals surface area contributed by atoms with Crippen molar-refractivity contribution in [3.8, 4) is 0 Å². The smallest absolute Gasteiger partial charge is 0.375 e. The summed E-state index contributed by atoms with van der Waals surface area (Å²) in [4.78, 5) is 23.9. The highest BCUT2D eigenvalue weighted by atomic mass is 19.4. The topological polar surface area (TPSA) is 67.4 Å². The molecule has 27 heavy (non-hydrogen) atoms. The van der Waals surface area contributed by atoms with Gasteiger partial charge in [0.05, 0.1) is 11.7 Å². The minimum Gasteiger partial charge on any atom is -0.375 e. The summed E-state index contributed by atoms with van der Waals surface area (Å²) in [5, 5.41) is 4.58.